The number of hydrogen-bond acceptors (Lipinski definition) is 0. The molecule has 2 rings (SSSR count). The molecule has 0 N–H and O–H groups in total. The molecule has 0 aromatic carbocycles. The molecule has 0 heterocycles. The van der Waals surface area contributed by atoms with Crippen LogP contribution in [0.15, 0.2) is 83.6 Å². The first-order valence-electron chi connectivity index (χ1n) is 7.48. The molecule has 0 bridgehead atoms. The highest BCUT2D eigenvalue weighted by Crippen LogP contribution is 2.46. The van der Waals surface area contributed by atoms with Crippen molar-refractivity contribution in [1.82, 2.24) is 0 Å². The minimum absolute atomic E-state index is 0.482. The van der Waals surface area contributed by atoms with Gasteiger partial charge in [-0.05, 0) is 41.6 Å². The van der Waals surface area contributed by atoms with Crippen LogP contribution in [-0.2, 0) is 0 Å². The van der Waals surface area contributed by atoms with Gasteiger partial charge in [-0.1, -0.05) is 75.1 Å². The molecule has 0 aromatic heterocycles. The summed E-state index contributed by atoms with van der Waals surface area (Å²) < 4.78 is 0. The van der Waals surface area contributed by atoms with E-state index in [-0.39, 0.29) is 0 Å². The Balaban J connectivity index is 2.48. The molecule has 0 aromatic rings. The zero-order chi connectivity index (χ0) is 14.5. The molecule has 0 saturated heterocycles. The van der Waals surface area contributed by atoms with Gasteiger partial charge in [0.2, 0.25) is 0 Å². The molecule has 104 valence electrons. The molecule has 2 aliphatic rings. The van der Waals surface area contributed by atoms with E-state index in [2.05, 4.69) is 57.4 Å². The van der Waals surface area contributed by atoms with Gasteiger partial charge in [-0.15, -0.1) is 0 Å². The largest absolute Gasteiger partial charge is 0.0990 e. The summed E-state index contributed by atoms with van der Waals surface area (Å²) in [7, 11) is 0. The van der Waals surface area contributed by atoms with Gasteiger partial charge in [0.25, 0.3) is 0 Å². The van der Waals surface area contributed by atoms with Crippen LogP contribution in [0, 0.1) is 5.92 Å². The van der Waals surface area contributed by atoms with E-state index in [1.54, 1.807) is 5.57 Å². The standard InChI is InChI=1S/C20H24/c1-5-8-12-16(11-6-2)20-15(4)18-13-9-10-14-19(18)17(20)7-3/h6-12,15H,2-3,5,13-14H2,1,4H3/b12-8-,16-11-. The Morgan fingerprint density at radius 1 is 1.30 bits per heavy atom. The molecule has 2 aliphatic carbocycles. The van der Waals surface area contributed by atoms with Gasteiger partial charge in [-0.25, -0.2) is 0 Å². The van der Waals surface area contributed by atoms with E-state index in [1.165, 1.54) is 22.3 Å². The Hall–Kier alpha value is -1.82. The summed E-state index contributed by atoms with van der Waals surface area (Å²) in [4.78, 5) is 0. The highest BCUT2D eigenvalue weighted by Gasteiger charge is 2.30. The Labute approximate surface area is 123 Å². The maximum absolute atomic E-state index is 4.05. The summed E-state index contributed by atoms with van der Waals surface area (Å²) in [6.45, 7) is 12.4. The fraction of sp³-hybridized carbons (Fsp3) is 0.300. The van der Waals surface area contributed by atoms with Crippen molar-refractivity contribution in [2.45, 2.75) is 33.1 Å². The molecule has 20 heavy (non-hydrogen) atoms. The molecule has 0 fully saturated rings. The Bertz CT molecular complexity index is 559. The summed E-state index contributed by atoms with van der Waals surface area (Å²) >= 11 is 0. The molecule has 0 amide bonds. The predicted octanol–water partition coefficient (Wildman–Crippen LogP) is 5.84. The predicted molar refractivity (Wildman–Crippen MR) is 89.5 cm³/mol. The molecule has 0 spiro atoms. The van der Waals surface area contributed by atoms with Crippen molar-refractivity contribution in [3.63, 3.8) is 0 Å². The third-order valence-electron chi connectivity index (χ3n) is 4.13. The van der Waals surface area contributed by atoms with Crippen LogP contribution < -0.4 is 0 Å². The topological polar surface area (TPSA) is 0 Å². The monoisotopic (exact) mass is 264 g/mol. The van der Waals surface area contributed by atoms with Gasteiger partial charge < -0.3 is 0 Å². The molecule has 0 radical (unpaired) electrons. The highest BCUT2D eigenvalue weighted by molar-refractivity contribution is 5.64. The fourth-order valence-corrected chi connectivity index (χ4v) is 3.20. The van der Waals surface area contributed by atoms with Crippen LogP contribution >= 0.6 is 0 Å². The van der Waals surface area contributed by atoms with E-state index in [1.807, 2.05) is 12.2 Å². The Morgan fingerprint density at radius 2 is 2.05 bits per heavy atom. The maximum Gasteiger partial charge on any atom is 0.00410 e. The first kappa shape index (κ1) is 14.6. The molecule has 1 unspecified atom stereocenters. The molecular formula is C20H24. The van der Waals surface area contributed by atoms with Crippen LogP contribution in [0.5, 0.6) is 0 Å². The second kappa shape index (κ2) is 6.56. The summed E-state index contributed by atoms with van der Waals surface area (Å²) in [6.07, 6.45) is 18.2. The zero-order valence-electron chi connectivity index (χ0n) is 12.7. The quantitative estimate of drug-likeness (QED) is 0.432. The Kier molecular flexibility index (Phi) is 4.79. The van der Waals surface area contributed by atoms with Crippen molar-refractivity contribution in [2.24, 2.45) is 5.92 Å². The molecule has 0 aliphatic heterocycles. The first-order chi connectivity index (χ1) is 9.74. The Morgan fingerprint density at radius 3 is 2.70 bits per heavy atom. The molecule has 1 atom stereocenters. The van der Waals surface area contributed by atoms with Gasteiger partial charge in [0.1, 0.15) is 0 Å². The lowest BCUT2D eigenvalue weighted by atomic mass is 9.88. The average Bonchev–Trinajstić information content (AvgIpc) is 2.76. The van der Waals surface area contributed by atoms with Crippen molar-refractivity contribution in [3.05, 3.63) is 83.6 Å². The van der Waals surface area contributed by atoms with E-state index in [9.17, 15) is 0 Å². The summed E-state index contributed by atoms with van der Waals surface area (Å²) in [5.74, 6) is 0.482. The number of hydrogen-bond donors (Lipinski definition) is 0. The van der Waals surface area contributed by atoms with E-state index in [0.29, 0.717) is 5.92 Å². The molecule has 0 saturated carbocycles. The third-order valence-corrected chi connectivity index (χ3v) is 4.13. The van der Waals surface area contributed by atoms with Crippen molar-refractivity contribution in [3.8, 4) is 0 Å². The van der Waals surface area contributed by atoms with E-state index < -0.39 is 0 Å². The molecular weight excluding hydrogens is 240 g/mol. The van der Waals surface area contributed by atoms with E-state index in [0.717, 1.165) is 19.3 Å². The van der Waals surface area contributed by atoms with Crippen molar-refractivity contribution >= 4 is 0 Å². The smallest absolute Gasteiger partial charge is 0.00410 e. The summed E-state index contributed by atoms with van der Waals surface area (Å²) in [5.41, 5.74) is 7.09. The molecule has 0 nitrogen and oxygen atoms in total. The maximum atomic E-state index is 4.05. The van der Waals surface area contributed by atoms with Gasteiger partial charge in [0.05, 0.1) is 0 Å². The first-order valence-corrected chi connectivity index (χ1v) is 7.48. The van der Waals surface area contributed by atoms with E-state index >= 15 is 0 Å². The zero-order valence-corrected chi connectivity index (χ0v) is 12.7. The van der Waals surface area contributed by atoms with Crippen molar-refractivity contribution < 1.29 is 0 Å². The van der Waals surface area contributed by atoms with Crippen LogP contribution in [-0.4, -0.2) is 0 Å². The average molecular weight is 264 g/mol. The van der Waals surface area contributed by atoms with Crippen molar-refractivity contribution in [1.29, 1.82) is 0 Å². The highest BCUT2D eigenvalue weighted by atomic mass is 14.3. The normalized spacial score (nSPS) is 22.7. The third kappa shape index (κ3) is 2.56. The van der Waals surface area contributed by atoms with Gasteiger partial charge in [-0.3, -0.25) is 0 Å². The summed E-state index contributed by atoms with van der Waals surface area (Å²) in [5, 5.41) is 0. The minimum atomic E-state index is 0.482. The van der Waals surface area contributed by atoms with Gasteiger partial charge >= 0.3 is 0 Å². The van der Waals surface area contributed by atoms with Crippen LogP contribution in [0.1, 0.15) is 33.1 Å². The SMILES string of the molecule is C=C/C=C(/C=C\CC)C1=C(C=C)C2=C(CC=CC2)C1C. The van der Waals surface area contributed by atoms with Crippen LogP contribution in [0.3, 0.4) is 0 Å². The van der Waals surface area contributed by atoms with Gasteiger partial charge in [0, 0.05) is 5.92 Å². The van der Waals surface area contributed by atoms with Gasteiger partial charge in [0.15, 0.2) is 0 Å². The number of rotatable bonds is 5. The summed E-state index contributed by atoms with van der Waals surface area (Å²) in [6, 6.07) is 0. The minimum Gasteiger partial charge on any atom is -0.0990 e. The second-order valence-corrected chi connectivity index (χ2v) is 5.30. The van der Waals surface area contributed by atoms with Crippen LogP contribution in [0.25, 0.3) is 0 Å². The second-order valence-electron chi connectivity index (χ2n) is 5.30. The lowest BCUT2D eigenvalue weighted by Gasteiger charge is -2.16. The lowest BCUT2D eigenvalue weighted by Crippen LogP contribution is -2.02. The van der Waals surface area contributed by atoms with Gasteiger partial charge in [-0.2, -0.15) is 0 Å². The number of allylic oxidation sites excluding steroid dienone is 12. The van der Waals surface area contributed by atoms with Crippen LogP contribution in [0.2, 0.25) is 0 Å². The lowest BCUT2D eigenvalue weighted by molar-refractivity contribution is 0.794. The van der Waals surface area contributed by atoms with E-state index in [4.69, 9.17) is 0 Å². The van der Waals surface area contributed by atoms with Crippen molar-refractivity contribution in [2.75, 3.05) is 0 Å². The molecule has 0 heteroatoms. The fourth-order valence-electron chi connectivity index (χ4n) is 3.20. The van der Waals surface area contributed by atoms with Crippen LogP contribution in [0.4, 0.5) is 0 Å².